The zero-order valence-corrected chi connectivity index (χ0v) is 18.8. The summed E-state index contributed by atoms with van der Waals surface area (Å²) in [5.74, 6) is -3.50. The van der Waals surface area contributed by atoms with Crippen LogP contribution in [0.1, 0.15) is 51.4 Å². The maximum absolute atomic E-state index is 13.9. The molecule has 0 spiro atoms. The number of aromatic hydroxyl groups is 1. The van der Waals surface area contributed by atoms with Gasteiger partial charge < -0.3 is 19.3 Å². The van der Waals surface area contributed by atoms with Crippen LogP contribution in [0.2, 0.25) is 0 Å². The van der Waals surface area contributed by atoms with E-state index in [0.717, 1.165) is 17.7 Å². The number of rotatable bonds is 5. The van der Waals surface area contributed by atoms with Crippen molar-refractivity contribution in [1.82, 2.24) is 9.47 Å². The number of carbonyl (C=O) groups excluding carboxylic acids is 2. The SMILES string of the molecule is C[C@@H]1[C@H](c2ccccc2)OC2Cn3cc(C(=O)CCc4ccc(F)cc4F)c(=O)c(O)c3C(=O)N21. The van der Waals surface area contributed by atoms with E-state index >= 15 is 0 Å². The molecule has 0 bridgehead atoms. The number of nitrogens with zero attached hydrogens (tertiary/aromatic N) is 2. The molecule has 3 aromatic rings. The normalized spacial score (nSPS) is 21.1. The number of carbonyl (C=O) groups is 2. The summed E-state index contributed by atoms with van der Waals surface area (Å²) in [6, 6.07) is 12.1. The third-order valence-electron chi connectivity index (χ3n) is 6.60. The van der Waals surface area contributed by atoms with E-state index in [9.17, 15) is 28.3 Å². The van der Waals surface area contributed by atoms with Gasteiger partial charge in [-0.15, -0.1) is 0 Å². The Bertz CT molecular complexity index is 1390. The van der Waals surface area contributed by atoms with Crippen LogP contribution in [0.25, 0.3) is 0 Å². The zero-order valence-electron chi connectivity index (χ0n) is 18.8. The molecule has 0 radical (unpaired) electrons. The van der Waals surface area contributed by atoms with Gasteiger partial charge in [0.15, 0.2) is 23.5 Å². The van der Waals surface area contributed by atoms with Crippen molar-refractivity contribution in [2.24, 2.45) is 0 Å². The molecule has 3 atom stereocenters. The number of halogens is 2. The summed E-state index contributed by atoms with van der Waals surface area (Å²) in [6.07, 6.45) is -0.0699. The lowest BCUT2D eigenvalue weighted by Crippen LogP contribution is -2.49. The predicted molar refractivity (Wildman–Crippen MR) is 121 cm³/mol. The van der Waals surface area contributed by atoms with Crippen LogP contribution in [0, 0.1) is 11.6 Å². The summed E-state index contributed by atoms with van der Waals surface area (Å²) in [6.45, 7) is 1.96. The molecule has 5 rings (SSSR count). The molecule has 3 heterocycles. The first-order valence-electron chi connectivity index (χ1n) is 11.2. The molecule has 9 heteroatoms. The van der Waals surface area contributed by atoms with Crippen LogP contribution in [0.3, 0.4) is 0 Å². The van der Waals surface area contributed by atoms with Gasteiger partial charge >= 0.3 is 0 Å². The summed E-state index contributed by atoms with van der Waals surface area (Å²) in [4.78, 5) is 40.4. The van der Waals surface area contributed by atoms with E-state index in [2.05, 4.69) is 0 Å². The van der Waals surface area contributed by atoms with E-state index in [1.54, 1.807) is 0 Å². The number of fused-ring (bicyclic) bond motifs is 2. The van der Waals surface area contributed by atoms with E-state index in [1.807, 2.05) is 37.3 Å². The lowest BCUT2D eigenvalue weighted by atomic mass is 10.0. The lowest BCUT2D eigenvalue weighted by Gasteiger charge is -2.33. The largest absolute Gasteiger partial charge is 0.503 e. The van der Waals surface area contributed by atoms with Gasteiger partial charge in [-0.2, -0.15) is 0 Å². The van der Waals surface area contributed by atoms with Gasteiger partial charge in [0.05, 0.1) is 18.2 Å². The van der Waals surface area contributed by atoms with Gasteiger partial charge in [-0.3, -0.25) is 14.4 Å². The summed E-state index contributed by atoms with van der Waals surface area (Å²) in [5.41, 5.74) is -0.431. The minimum Gasteiger partial charge on any atom is -0.503 e. The average molecular weight is 480 g/mol. The van der Waals surface area contributed by atoms with Crippen molar-refractivity contribution < 1.29 is 28.2 Å². The summed E-state index contributed by atoms with van der Waals surface area (Å²) in [7, 11) is 0. The Morgan fingerprint density at radius 1 is 1.14 bits per heavy atom. The first-order chi connectivity index (χ1) is 16.8. The third-order valence-corrected chi connectivity index (χ3v) is 6.60. The van der Waals surface area contributed by atoms with Crippen molar-refractivity contribution in [2.45, 2.75) is 44.7 Å². The Morgan fingerprint density at radius 2 is 1.89 bits per heavy atom. The second kappa shape index (κ2) is 8.74. The minimum atomic E-state index is -0.958. The van der Waals surface area contributed by atoms with Crippen molar-refractivity contribution in [3.8, 4) is 5.75 Å². The number of ketones is 1. The molecule has 1 amide bonds. The van der Waals surface area contributed by atoms with Crippen LogP contribution in [0.5, 0.6) is 5.75 Å². The molecule has 0 aliphatic carbocycles. The summed E-state index contributed by atoms with van der Waals surface area (Å²) >= 11 is 0. The molecule has 1 aromatic heterocycles. The number of ether oxygens (including phenoxy) is 1. The lowest BCUT2D eigenvalue weighted by molar-refractivity contribution is -0.0154. The number of amides is 1. The van der Waals surface area contributed by atoms with Crippen molar-refractivity contribution in [3.63, 3.8) is 0 Å². The molecule has 2 aliphatic rings. The van der Waals surface area contributed by atoms with E-state index in [0.29, 0.717) is 0 Å². The molecule has 2 aromatic carbocycles. The molecule has 1 saturated heterocycles. The number of hydrogen-bond acceptors (Lipinski definition) is 5. The highest BCUT2D eigenvalue weighted by atomic mass is 19.1. The van der Waals surface area contributed by atoms with Gasteiger partial charge in [0.2, 0.25) is 5.43 Å². The molecule has 1 N–H and O–H groups in total. The van der Waals surface area contributed by atoms with Gasteiger partial charge in [-0.25, -0.2) is 8.78 Å². The number of benzene rings is 2. The Labute approximate surface area is 199 Å². The Morgan fingerprint density at radius 3 is 2.60 bits per heavy atom. The van der Waals surface area contributed by atoms with Crippen molar-refractivity contribution in [1.29, 1.82) is 0 Å². The third kappa shape index (κ3) is 3.91. The summed E-state index contributed by atoms with van der Waals surface area (Å²) < 4.78 is 34.6. The van der Waals surface area contributed by atoms with Gasteiger partial charge in [0, 0.05) is 18.7 Å². The monoisotopic (exact) mass is 480 g/mol. The Hall–Kier alpha value is -3.85. The number of pyridine rings is 1. The Kier molecular flexibility index (Phi) is 5.72. The van der Waals surface area contributed by atoms with Gasteiger partial charge in [0.25, 0.3) is 5.91 Å². The second-order valence-corrected chi connectivity index (χ2v) is 8.76. The number of aromatic nitrogens is 1. The van der Waals surface area contributed by atoms with Crippen molar-refractivity contribution in [2.75, 3.05) is 0 Å². The summed E-state index contributed by atoms with van der Waals surface area (Å²) in [5, 5.41) is 10.6. The van der Waals surface area contributed by atoms with Crippen LogP contribution in [-0.2, 0) is 17.7 Å². The smallest absolute Gasteiger partial charge is 0.276 e. The van der Waals surface area contributed by atoms with Crippen molar-refractivity contribution in [3.05, 3.63) is 99.0 Å². The van der Waals surface area contributed by atoms with E-state index < -0.39 is 40.7 Å². The minimum absolute atomic E-state index is 0.0540. The van der Waals surface area contributed by atoms with Gasteiger partial charge in [-0.05, 0) is 30.5 Å². The van der Waals surface area contributed by atoms with E-state index in [1.165, 1.54) is 21.7 Å². The molecule has 0 saturated carbocycles. The molecule has 1 fully saturated rings. The standard InChI is InChI=1S/C26H22F2N2O5/c1-14-25(16-5-3-2-4-6-16)35-21-13-29-12-18(23(32)24(33)22(29)26(34)30(14)21)20(31)10-8-15-7-9-17(27)11-19(15)28/h2-7,9,11-12,14,21,25,33H,8,10,13H2,1H3/t14-,21?,25-/m1/s1. The maximum Gasteiger partial charge on any atom is 0.276 e. The van der Waals surface area contributed by atoms with Gasteiger partial charge in [0.1, 0.15) is 17.7 Å². The molecule has 1 unspecified atom stereocenters. The van der Waals surface area contributed by atoms with Crippen LogP contribution in [0.4, 0.5) is 8.78 Å². The maximum atomic E-state index is 13.9. The molecule has 7 nitrogen and oxygen atoms in total. The topological polar surface area (TPSA) is 88.8 Å². The van der Waals surface area contributed by atoms with E-state index in [4.69, 9.17) is 4.74 Å². The molecular formula is C26H22F2N2O5. The predicted octanol–water partition coefficient (Wildman–Crippen LogP) is 3.59. The average Bonchev–Trinajstić information content (AvgIpc) is 3.17. The molecule has 180 valence electrons. The quantitative estimate of drug-likeness (QED) is 0.564. The Balaban J connectivity index is 1.42. The molecule has 35 heavy (non-hydrogen) atoms. The molecular weight excluding hydrogens is 458 g/mol. The van der Waals surface area contributed by atoms with Gasteiger partial charge in [-0.1, -0.05) is 36.4 Å². The fourth-order valence-corrected chi connectivity index (χ4v) is 4.82. The van der Waals surface area contributed by atoms with Crippen LogP contribution in [-0.4, -0.2) is 38.5 Å². The highest BCUT2D eigenvalue weighted by Gasteiger charge is 2.47. The first kappa shape index (κ1) is 22.9. The fourth-order valence-electron chi connectivity index (χ4n) is 4.82. The zero-order chi connectivity index (χ0) is 24.9. The van der Waals surface area contributed by atoms with Crippen LogP contribution >= 0.6 is 0 Å². The van der Waals surface area contributed by atoms with Crippen LogP contribution < -0.4 is 5.43 Å². The van der Waals surface area contributed by atoms with E-state index in [-0.39, 0.29) is 48.4 Å². The number of aryl methyl sites for hydroxylation is 1. The molecule has 2 aliphatic heterocycles. The fraction of sp³-hybridized carbons (Fsp3) is 0.269. The highest BCUT2D eigenvalue weighted by Crippen LogP contribution is 2.39. The number of hydrogen-bond donors (Lipinski definition) is 1. The first-order valence-corrected chi connectivity index (χ1v) is 11.2. The van der Waals surface area contributed by atoms with Crippen molar-refractivity contribution >= 4 is 11.7 Å². The second-order valence-electron chi connectivity index (χ2n) is 8.76. The van der Waals surface area contributed by atoms with Crippen LogP contribution in [0.15, 0.2) is 59.5 Å². The number of Topliss-reactive ketones (excluding diaryl/α,β-unsaturated/α-hetero) is 1. The highest BCUT2D eigenvalue weighted by molar-refractivity contribution is 6.00.